The number of rotatable bonds is 3. The summed E-state index contributed by atoms with van der Waals surface area (Å²) < 4.78 is 3.14. The predicted octanol–water partition coefficient (Wildman–Crippen LogP) is -0.210. The lowest BCUT2D eigenvalue weighted by atomic mass is 10.2. The van der Waals surface area contributed by atoms with Gasteiger partial charge in [0.2, 0.25) is 0 Å². The molecule has 0 saturated carbocycles. The number of nitrogens with zero attached hydrogens (tertiary/aromatic N) is 4. The quantitative estimate of drug-likeness (QED) is 0.830. The van der Waals surface area contributed by atoms with E-state index in [4.69, 9.17) is 0 Å². The third-order valence-corrected chi connectivity index (χ3v) is 3.73. The molecular weight excluding hydrogens is 242 g/mol. The Morgan fingerprint density at radius 1 is 1.42 bits per heavy atom. The molecule has 102 valence electrons. The van der Waals surface area contributed by atoms with Crippen LogP contribution >= 0.6 is 0 Å². The van der Waals surface area contributed by atoms with Gasteiger partial charge in [0.25, 0.3) is 0 Å². The fraction of sp³-hybridized carbons (Fsp3) is 0.538. The molecule has 1 atom stereocenters. The number of aromatic nitrogens is 3. The molecule has 2 aromatic rings. The fourth-order valence-electron chi connectivity index (χ4n) is 2.55. The standard InChI is InChI=1S/C13H19N5O/c1-11-10-14-5-7-16(11)8-9-18-13(19)17-6-3-2-4-12(17)15-18/h2-4,6,11,14H,5,7-10H2,1H3. The van der Waals surface area contributed by atoms with E-state index in [1.807, 2.05) is 18.2 Å². The van der Waals surface area contributed by atoms with Gasteiger partial charge in [-0.2, -0.15) is 0 Å². The van der Waals surface area contributed by atoms with Crippen LogP contribution in [-0.4, -0.2) is 51.3 Å². The summed E-state index contributed by atoms with van der Waals surface area (Å²) in [5.74, 6) is 0. The third-order valence-electron chi connectivity index (χ3n) is 3.73. The molecule has 0 amide bonds. The van der Waals surface area contributed by atoms with Gasteiger partial charge < -0.3 is 5.32 Å². The van der Waals surface area contributed by atoms with Crippen molar-refractivity contribution in [3.8, 4) is 0 Å². The van der Waals surface area contributed by atoms with Crippen molar-refractivity contribution in [1.82, 2.24) is 24.4 Å². The Morgan fingerprint density at radius 3 is 3.11 bits per heavy atom. The van der Waals surface area contributed by atoms with Crippen LogP contribution in [0.2, 0.25) is 0 Å². The molecule has 1 N–H and O–H groups in total. The molecule has 1 aliphatic rings. The summed E-state index contributed by atoms with van der Waals surface area (Å²) in [7, 11) is 0. The number of nitrogens with one attached hydrogen (secondary N) is 1. The summed E-state index contributed by atoms with van der Waals surface area (Å²) >= 11 is 0. The van der Waals surface area contributed by atoms with E-state index >= 15 is 0 Å². The maximum atomic E-state index is 12.1. The number of pyridine rings is 1. The van der Waals surface area contributed by atoms with Crippen LogP contribution in [0.15, 0.2) is 29.2 Å². The highest BCUT2D eigenvalue weighted by Gasteiger charge is 2.17. The molecule has 1 saturated heterocycles. The molecule has 0 spiro atoms. The van der Waals surface area contributed by atoms with E-state index in [0.29, 0.717) is 18.2 Å². The maximum Gasteiger partial charge on any atom is 0.350 e. The average Bonchev–Trinajstić information content (AvgIpc) is 2.75. The first-order valence-corrected chi connectivity index (χ1v) is 6.75. The summed E-state index contributed by atoms with van der Waals surface area (Å²) in [5.41, 5.74) is 0.652. The van der Waals surface area contributed by atoms with Crippen molar-refractivity contribution in [3.63, 3.8) is 0 Å². The summed E-state index contributed by atoms with van der Waals surface area (Å²) in [6.07, 6.45) is 1.76. The lowest BCUT2D eigenvalue weighted by Gasteiger charge is -2.33. The molecule has 0 aliphatic carbocycles. The number of hydrogen-bond acceptors (Lipinski definition) is 4. The summed E-state index contributed by atoms with van der Waals surface area (Å²) in [4.78, 5) is 14.5. The van der Waals surface area contributed by atoms with Crippen molar-refractivity contribution in [3.05, 3.63) is 34.9 Å². The second-order valence-electron chi connectivity index (χ2n) is 5.02. The van der Waals surface area contributed by atoms with Crippen molar-refractivity contribution in [1.29, 1.82) is 0 Å². The third kappa shape index (κ3) is 2.41. The Labute approximate surface area is 111 Å². The minimum absolute atomic E-state index is 0.0570. The lowest BCUT2D eigenvalue weighted by molar-refractivity contribution is 0.165. The van der Waals surface area contributed by atoms with Crippen LogP contribution in [-0.2, 0) is 6.54 Å². The van der Waals surface area contributed by atoms with Crippen LogP contribution in [0, 0.1) is 0 Å². The molecule has 6 nitrogen and oxygen atoms in total. The van der Waals surface area contributed by atoms with Gasteiger partial charge >= 0.3 is 5.69 Å². The minimum atomic E-state index is -0.0570. The van der Waals surface area contributed by atoms with Crippen LogP contribution in [0.4, 0.5) is 0 Å². The highest BCUT2D eigenvalue weighted by atomic mass is 16.2. The van der Waals surface area contributed by atoms with Crippen molar-refractivity contribution >= 4 is 5.65 Å². The Balaban J connectivity index is 1.75. The second kappa shape index (κ2) is 5.14. The summed E-state index contributed by atoms with van der Waals surface area (Å²) in [5, 5.41) is 7.71. The highest BCUT2D eigenvalue weighted by Crippen LogP contribution is 2.02. The smallest absolute Gasteiger partial charge is 0.314 e. The zero-order chi connectivity index (χ0) is 13.2. The van der Waals surface area contributed by atoms with Crippen LogP contribution < -0.4 is 11.0 Å². The molecule has 3 heterocycles. The molecule has 6 heteroatoms. The Bertz CT molecular complexity index is 617. The molecule has 0 aromatic carbocycles. The first kappa shape index (κ1) is 12.4. The van der Waals surface area contributed by atoms with E-state index in [-0.39, 0.29) is 5.69 Å². The lowest BCUT2D eigenvalue weighted by Crippen LogP contribution is -2.50. The molecule has 2 aromatic heterocycles. The van der Waals surface area contributed by atoms with Crippen LogP contribution in [0.25, 0.3) is 5.65 Å². The fourth-order valence-corrected chi connectivity index (χ4v) is 2.55. The van der Waals surface area contributed by atoms with E-state index in [1.165, 1.54) is 0 Å². The molecule has 3 rings (SSSR count). The van der Waals surface area contributed by atoms with Gasteiger partial charge in [-0.15, -0.1) is 5.10 Å². The zero-order valence-corrected chi connectivity index (χ0v) is 11.1. The Kier molecular flexibility index (Phi) is 3.35. The van der Waals surface area contributed by atoms with Gasteiger partial charge in [-0.1, -0.05) is 6.07 Å². The molecule has 0 radical (unpaired) electrons. The molecule has 1 unspecified atom stereocenters. The first-order valence-electron chi connectivity index (χ1n) is 6.75. The average molecular weight is 261 g/mol. The van der Waals surface area contributed by atoms with Gasteiger partial charge in [0.15, 0.2) is 5.65 Å². The zero-order valence-electron chi connectivity index (χ0n) is 11.1. The SMILES string of the molecule is CC1CNCCN1CCn1nc2ccccn2c1=O. The molecular formula is C13H19N5O. The van der Waals surface area contributed by atoms with E-state index in [0.717, 1.165) is 26.2 Å². The van der Waals surface area contributed by atoms with Crippen LogP contribution in [0.5, 0.6) is 0 Å². The van der Waals surface area contributed by atoms with Crippen molar-refractivity contribution < 1.29 is 0 Å². The van der Waals surface area contributed by atoms with Gasteiger partial charge in [-0.05, 0) is 19.1 Å². The number of hydrogen-bond donors (Lipinski definition) is 1. The molecule has 1 aliphatic heterocycles. The normalized spacial score (nSPS) is 21.0. The highest BCUT2D eigenvalue weighted by molar-refractivity contribution is 5.35. The first-order chi connectivity index (χ1) is 9.25. The van der Waals surface area contributed by atoms with Crippen LogP contribution in [0.3, 0.4) is 0 Å². The van der Waals surface area contributed by atoms with Gasteiger partial charge in [0.1, 0.15) is 0 Å². The molecule has 0 bridgehead atoms. The van der Waals surface area contributed by atoms with E-state index < -0.39 is 0 Å². The monoisotopic (exact) mass is 261 g/mol. The van der Waals surface area contributed by atoms with Gasteiger partial charge in [-0.25, -0.2) is 9.48 Å². The topological polar surface area (TPSA) is 54.6 Å². The Hall–Kier alpha value is -1.66. The second-order valence-corrected chi connectivity index (χ2v) is 5.02. The summed E-state index contributed by atoms with van der Waals surface area (Å²) in [6.45, 7) is 6.78. The van der Waals surface area contributed by atoms with Crippen LogP contribution in [0.1, 0.15) is 6.92 Å². The summed E-state index contributed by atoms with van der Waals surface area (Å²) in [6, 6.07) is 6.11. The van der Waals surface area contributed by atoms with Gasteiger partial charge in [0.05, 0.1) is 6.54 Å². The molecule has 1 fully saturated rings. The van der Waals surface area contributed by atoms with Gasteiger partial charge in [0, 0.05) is 38.4 Å². The predicted molar refractivity (Wildman–Crippen MR) is 73.4 cm³/mol. The van der Waals surface area contributed by atoms with E-state index in [2.05, 4.69) is 22.2 Å². The van der Waals surface area contributed by atoms with Crippen molar-refractivity contribution in [2.24, 2.45) is 0 Å². The molecule has 19 heavy (non-hydrogen) atoms. The van der Waals surface area contributed by atoms with E-state index in [1.54, 1.807) is 15.3 Å². The number of fused-ring (bicyclic) bond motifs is 1. The van der Waals surface area contributed by atoms with Gasteiger partial charge in [-0.3, -0.25) is 9.30 Å². The minimum Gasteiger partial charge on any atom is -0.314 e. The van der Waals surface area contributed by atoms with Crippen molar-refractivity contribution in [2.45, 2.75) is 19.5 Å². The maximum absolute atomic E-state index is 12.1. The van der Waals surface area contributed by atoms with E-state index in [9.17, 15) is 4.79 Å². The Morgan fingerprint density at radius 2 is 2.32 bits per heavy atom. The van der Waals surface area contributed by atoms with Crippen molar-refractivity contribution in [2.75, 3.05) is 26.2 Å². The largest absolute Gasteiger partial charge is 0.350 e. The number of piperazine rings is 1.